The Morgan fingerprint density at radius 1 is 0.506 bits per heavy atom. The third kappa shape index (κ3) is 12.6. The predicted molar refractivity (Wildman–Crippen MR) is 288 cm³/mol. The van der Waals surface area contributed by atoms with Gasteiger partial charge in [-0.05, 0) is 114 Å². The van der Waals surface area contributed by atoms with Crippen LogP contribution in [0.4, 0.5) is 47.3 Å². The standard InChI is InChI=1S/C58H70F6N6O6S/c1-53(2,3)75-51(73)69-35-31-67(32-36-69)49(71)25-21-41-19-23-47(55(39-41,57(59,60)61)43-15-7-9-17-45(43)65-27-11-12-28-65)77-48-24-20-42(22-26-50(72)68-33-37-70(38-34-68)52(74)76-54(4,5)6)40-56(48,58(62,63)64)44-16-8-10-18-46(44)66-29-13-14-30-66/h7-10,15-26,39-40,47-48H,11-14,27-38H2,1-6H3/b25-21+,26-22+. The second kappa shape index (κ2) is 22.7. The molecule has 2 aliphatic carbocycles. The third-order valence-corrected chi connectivity index (χ3v) is 16.4. The second-order valence-corrected chi connectivity index (χ2v) is 23.7. The largest absolute Gasteiger partial charge is 0.444 e. The number of hydrogen-bond acceptors (Lipinski definition) is 9. The van der Waals surface area contributed by atoms with Crippen LogP contribution in [0.3, 0.4) is 0 Å². The molecule has 416 valence electrons. The molecule has 0 spiro atoms. The molecule has 8 rings (SSSR count). The van der Waals surface area contributed by atoms with Gasteiger partial charge in [0.05, 0.1) is 0 Å². The maximum atomic E-state index is 17.0. The topological polar surface area (TPSA) is 106 Å². The molecule has 0 radical (unpaired) electrons. The van der Waals surface area contributed by atoms with E-state index >= 15 is 26.3 Å². The van der Waals surface area contributed by atoms with Crippen LogP contribution in [-0.2, 0) is 29.9 Å². The summed E-state index contributed by atoms with van der Waals surface area (Å²) < 4.78 is 113. The zero-order valence-electron chi connectivity index (χ0n) is 44.7. The van der Waals surface area contributed by atoms with Crippen LogP contribution < -0.4 is 9.80 Å². The highest BCUT2D eigenvalue weighted by atomic mass is 32.2. The van der Waals surface area contributed by atoms with E-state index in [0.29, 0.717) is 49.3 Å². The van der Waals surface area contributed by atoms with Gasteiger partial charge in [-0.2, -0.15) is 26.3 Å². The lowest BCUT2D eigenvalue weighted by Crippen LogP contribution is -2.54. The Labute approximate surface area is 452 Å². The number of thioether (sulfide) groups is 1. The first kappa shape index (κ1) is 57.1. The van der Waals surface area contributed by atoms with Crippen LogP contribution in [-0.4, -0.2) is 156 Å². The van der Waals surface area contributed by atoms with Gasteiger partial charge in [0.1, 0.15) is 22.0 Å². The van der Waals surface area contributed by atoms with E-state index in [1.165, 1.54) is 92.5 Å². The Kier molecular flexibility index (Phi) is 16.8. The number of rotatable bonds is 10. The molecule has 0 bridgehead atoms. The first-order valence-corrected chi connectivity index (χ1v) is 27.4. The van der Waals surface area contributed by atoms with Crippen molar-refractivity contribution in [2.45, 2.75) is 112 Å². The van der Waals surface area contributed by atoms with E-state index in [0.717, 1.165) is 37.8 Å². The van der Waals surface area contributed by atoms with E-state index in [1.54, 1.807) is 65.8 Å². The highest BCUT2D eigenvalue weighted by Crippen LogP contribution is 2.60. The molecule has 4 saturated heterocycles. The first-order valence-electron chi connectivity index (χ1n) is 26.5. The molecule has 2 aromatic carbocycles. The third-order valence-electron chi connectivity index (χ3n) is 14.8. The molecule has 77 heavy (non-hydrogen) atoms. The highest BCUT2D eigenvalue weighted by molar-refractivity contribution is 8.01. The number of alkyl halides is 6. The van der Waals surface area contributed by atoms with Crippen molar-refractivity contribution in [3.8, 4) is 0 Å². The van der Waals surface area contributed by atoms with Gasteiger partial charge in [0.25, 0.3) is 0 Å². The summed E-state index contributed by atoms with van der Waals surface area (Å²) in [6.07, 6.45) is 4.45. The number of hydrogen-bond donors (Lipinski definition) is 0. The first-order chi connectivity index (χ1) is 36.3. The number of benzene rings is 2. The molecule has 0 aromatic heterocycles. The van der Waals surface area contributed by atoms with Crippen LogP contribution in [0.5, 0.6) is 0 Å². The molecule has 4 fully saturated rings. The monoisotopic (exact) mass is 1090 g/mol. The van der Waals surface area contributed by atoms with Gasteiger partial charge in [-0.3, -0.25) is 9.59 Å². The molecule has 4 heterocycles. The number of amides is 4. The molecule has 4 aliphatic heterocycles. The number of anilines is 2. The van der Waals surface area contributed by atoms with Gasteiger partial charge in [-0.1, -0.05) is 72.9 Å². The van der Waals surface area contributed by atoms with Crippen molar-refractivity contribution in [2.24, 2.45) is 0 Å². The molecule has 6 aliphatic rings. The normalized spacial score (nSPS) is 24.7. The zero-order valence-corrected chi connectivity index (χ0v) is 45.5. The van der Waals surface area contributed by atoms with Gasteiger partial charge in [-0.25, -0.2) is 9.59 Å². The van der Waals surface area contributed by atoms with E-state index in [4.69, 9.17) is 9.47 Å². The summed E-state index contributed by atoms with van der Waals surface area (Å²) in [5.41, 5.74) is -6.78. The van der Waals surface area contributed by atoms with Gasteiger partial charge in [-0.15, -0.1) is 11.8 Å². The Bertz CT molecular complexity index is 2510. The number of allylic oxidation sites excluding steroid dienone is 8. The summed E-state index contributed by atoms with van der Waals surface area (Å²) >= 11 is 0.588. The van der Waals surface area contributed by atoms with Crippen molar-refractivity contribution in [2.75, 3.05) is 88.3 Å². The lowest BCUT2D eigenvalue weighted by atomic mass is 9.71. The average Bonchev–Trinajstić information content (AvgIpc) is 4.20. The molecular weight excluding hydrogens is 1020 g/mol. The van der Waals surface area contributed by atoms with E-state index in [2.05, 4.69) is 0 Å². The Morgan fingerprint density at radius 2 is 0.831 bits per heavy atom. The molecular formula is C58H70F6N6O6S. The molecule has 4 amide bonds. The number of para-hydroxylation sites is 2. The van der Waals surface area contributed by atoms with Gasteiger partial charge < -0.3 is 38.9 Å². The minimum atomic E-state index is -5.10. The van der Waals surface area contributed by atoms with Gasteiger partial charge >= 0.3 is 24.5 Å². The van der Waals surface area contributed by atoms with Crippen molar-refractivity contribution in [1.82, 2.24) is 19.6 Å². The smallest absolute Gasteiger partial charge is 0.410 e. The Hall–Kier alpha value is -6.11. The lowest BCUT2D eigenvalue weighted by Gasteiger charge is -2.47. The Balaban J connectivity index is 1.17. The van der Waals surface area contributed by atoms with Gasteiger partial charge in [0.2, 0.25) is 11.8 Å². The quantitative estimate of drug-likeness (QED) is 0.170. The van der Waals surface area contributed by atoms with Crippen LogP contribution in [0.1, 0.15) is 78.4 Å². The SMILES string of the molecule is CC(C)(C)OC(=O)N1CCN(C(=O)/C=C/C2=CC(c3ccccc3N3CCCC3)(C(F)(F)F)C(SC3C=CC(/C=C/C(=O)N4CCN(C(=O)OC(C)(C)C)CC4)=CC3(c3ccccc3N3CCCC3)C(F)(F)F)C=C2)CC1. The molecule has 2 aromatic rings. The lowest BCUT2D eigenvalue weighted by molar-refractivity contribution is -0.175. The van der Waals surface area contributed by atoms with Crippen LogP contribution in [0.2, 0.25) is 0 Å². The molecule has 0 saturated carbocycles. The number of halogens is 6. The van der Waals surface area contributed by atoms with Gasteiger partial charge in [0.15, 0.2) is 0 Å². The average molecular weight is 1090 g/mol. The summed E-state index contributed by atoms with van der Waals surface area (Å²) in [6, 6.07) is 12.4. The van der Waals surface area contributed by atoms with Crippen LogP contribution in [0.25, 0.3) is 0 Å². The number of carbonyl (C=O) groups excluding carboxylic acids is 4. The van der Waals surface area contributed by atoms with Crippen molar-refractivity contribution in [1.29, 1.82) is 0 Å². The fraction of sp³-hybridized carbons (Fsp3) is 0.517. The summed E-state index contributed by atoms with van der Waals surface area (Å²) in [5, 5.41) is -3.36. The highest BCUT2D eigenvalue weighted by Gasteiger charge is 2.65. The van der Waals surface area contributed by atoms with Crippen molar-refractivity contribution in [3.05, 3.63) is 132 Å². The van der Waals surface area contributed by atoms with Crippen molar-refractivity contribution >= 4 is 47.1 Å². The van der Waals surface area contributed by atoms with Crippen molar-refractivity contribution < 1.29 is 55.0 Å². The molecule has 4 atom stereocenters. The van der Waals surface area contributed by atoms with Gasteiger partial charge in [0, 0.05) is 113 Å². The summed E-state index contributed by atoms with van der Waals surface area (Å²) in [4.78, 5) is 62.5. The molecule has 12 nitrogen and oxygen atoms in total. The zero-order chi connectivity index (χ0) is 55.6. The van der Waals surface area contributed by atoms with E-state index in [9.17, 15) is 19.2 Å². The Morgan fingerprint density at radius 3 is 1.16 bits per heavy atom. The van der Waals surface area contributed by atoms with E-state index in [1.807, 2.05) is 9.80 Å². The molecule has 19 heteroatoms. The minimum absolute atomic E-state index is 0.0417. The summed E-state index contributed by atoms with van der Waals surface area (Å²) in [5.74, 6) is -0.958. The fourth-order valence-electron chi connectivity index (χ4n) is 10.9. The number of nitrogens with zero attached hydrogens (tertiary/aromatic N) is 6. The van der Waals surface area contributed by atoms with Crippen LogP contribution >= 0.6 is 11.8 Å². The maximum absolute atomic E-state index is 17.0. The minimum Gasteiger partial charge on any atom is -0.444 e. The van der Waals surface area contributed by atoms with Crippen LogP contribution in [0, 0.1) is 0 Å². The number of piperazine rings is 2. The molecule has 0 N–H and O–H groups in total. The van der Waals surface area contributed by atoms with E-state index < -0.39 is 68.9 Å². The fourth-order valence-corrected chi connectivity index (χ4v) is 12.7. The maximum Gasteiger partial charge on any atom is 0.410 e. The summed E-state index contributed by atoms with van der Waals surface area (Å²) in [6.45, 7) is 13.9. The predicted octanol–water partition coefficient (Wildman–Crippen LogP) is 10.9. The summed E-state index contributed by atoms with van der Waals surface area (Å²) in [7, 11) is 0. The van der Waals surface area contributed by atoms with Crippen molar-refractivity contribution in [3.63, 3.8) is 0 Å². The van der Waals surface area contributed by atoms with Crippen LogP contribution in [0.15, 0.2) is 120 Å². The molecule has 4 unspecified atom stereocenters. The number of ether oxygens (including phenoxy) is 2. The second-order valence-electron chi connectivity index (χ2n) is 22.4. The number of carbonyl (C=O) groups is 4. The van der Waals surface area contributed by atoms with E-state index in [-0.39, 0.29) is 74.6 Å².